The molecule has 5 nitrogen and oxygen atoms in total. The minimum absolute atomic E-state index is 0.109. The van der Waals surface area contributed by atoms with E-state index in [1.165, 1.54) is 32.1 Å². The van der Waals surface area contributed by atoms with Gasteiger partial charge in [0.25, 0.3) is 5.91 Å². The summed E-state index contributed by atoms with van der Waals surface area (Å²) in [5, 5.41) is 3.05. The molecule has 0 spiro atoms. The lowest BCUT2D eigenvalue weighted by Crippen LogP contribution is -2.56. The lowest BCUT2D eigenvalue weighted by molar-refractivity contribution is -0.150. The van der Waals surface area contributed by atoms with Crippen molar-refractivity contribution in [2.75, 3.05) is 13.2 Å². The molecule has 5 aliphatic carbocycles. The second-order valence-electron chi connectivity index (χ2n) is 9.46. The summed E-state index contributed by atoms with van der Waals surface area (Å²) < 4.78 is 10.9. The Balaban J connectivity index is 1.09. The molecule has 6 heteroatoms. The second kappa shape index (κ2) is 6.36. The van der Waals surface area contributed by atoms with Crippen LogP contribution in [0.25, 0.3) is 0 Å². The number of ether oxygens (including phenoxy) is 1. The van der Waals surface area contributed by atoms with E-state index >= 15 is 0 Å². The molecule has 0 radical (unpaired) electrons. The summed E-state index contributed by atoms with van der Waals surface area (Å²) >= 11 is 4.00. The zero-order valence-corrected chi connectivity index (χ0v) is 17.0. The van der Waals surface area contributed by atoms with Gasteiger partial charge in [0.1, 0.15) is 5.76 Å². The molecule has 1 aromatic rings. The van der Waals surface area contributed by atoms with Gasteiger partial charge in [-0.3, -0.25) is 9.59 Å². The third-order valence-electron chi connectivity index (χ3n) is 7.12. The van der Waals surface area contributed by atoms with Gasteiger partial charge in [-0.15, -0.1) is 0 Å². The highest BCUT2D eigenvalue weighted by molar-refractivity contribution is 9.10. The maximum absolute atomic E-state index is 12.3. The first kappa shape index (κ1) is 17.8. The largest absolute Gasteiger partial charge is 0.469 e. The second-order valence-corrected chi connectivity index (χ2v) is 11.1. The first-order chi connectivity index (χ1) is 12.9. The Hall–Kier alpha value is -1.30. The van der Waals surface area contributed by atoms with E-state index in [4.69, 9.17) is 9.15 Å². The van der Waals surface area contributed by atoms with E-state index in [1.807, 2.05) is 12.1 Å². The molecule has 5 aliphatic rings. The Bertz CT molecular complexity index is 731. The Morgan fingerprint density at radius 2 is 2.00 bits per heavy atom. The van der Waals surface area contributed by atoms with Crippen LogP contribution in [0.4, 0.5) is 0 Å². The van der Waals surface area contributed by atoms with Crippen molar-refractivity contribution in [3.8, 4) is 0 Å². The highest BCUT2D eigenvalue weighted by atomic mass is 79.9. The van der Waals surface area contributed by atoms with Crippen molar-refractivity contribution in [2.45, 2.75) is 55.2 Å². The number of carbonyl (C=O) groups excluding carboxylic acids is 2. The number of esters is 1. The monoisotopic (exact) mass is 435 g/mol. The van der Waals surface area contributed by atoms with E-state index in [-0.39, 0.29) is 35.7 Å². The minimum Gasteiger partial charge on any atom is -0.469 e. The summed E-state index contributed by atoms with van der Waals surface area (Å²) in [6, 6.07) is 3.71. The summed E-state index contributed by atoms with van der Waals surface area (Å²) in [6.07, 6.45) is 9.90. The topological polar surface area (TPSA) is 68.5 Å². The molecule has 146 valence electrons. The van der Waals surface area contributed by atoms with Gasteiger partial charge in [-0.25, -0.2) is 0 Å². The first-order valence-electron chi connectivity index (χ1n) is 10.1. The number of carbonyl (C=O) groups is 2. The molecule has 1 heterocycles. The molecule has 27 heavy (non-hydrogen) atoms. The quantitative estimate of drug-likeness (QED) is 0.545. The number of amides is 1. The van der Waals surface area contributed by atoms with E-state index in [0.717, 1.165) is 30.4 Å². The van der Waals surface area contributed by atoms with Crippen LogP contribution in [-0.2, 0) is 14.3 Å². The molecule has 0 saturated heterocycles. The van der Waals surface area contributed by atoms with E-state index < -0.39 is 0 Å². The zero-order chi connectivity index (χ0) is 18.6. The fraction of sp³-hybridized carbons (Fsp3) is 0.714. The molecule has 4 bridgehead atoms. The van der Waals surface area contributed by atoms with Crippen LogP contribution < -0.4 is 5.32 Å². The Kier molecular flexibility index (Phi) is 4.19. The smallest absolute Gasteiger partial charge is 0.310 e. The zero-order valence-electron chi connectivity index (χ0n) is 15.4. The number of halogens is 1. The third-order valence-corrected chi connectivity index (χ3v) is 8.05. The molecule has 5 fully saturated rings. The summed E-state index contributed by atoms with van der Waals surface area (Å²) in [5.41, 5.74) is 0.230. The summed E-state index contributed by atoms with van der Waals surface area (Å²) in [6.45, 7) is 0.533. The van der Waals surface area contributed by atoms with Crippen LogP contribution in [0.15, 0.2) is 22.8 Å². The van der Waals surface area contributed by atoms with Crippen LogP contribution in [0.3, 0.4) is 0 Å². The average Bonchev–Trinajstić information content (AvgIpc) is 3.21. The summed E-state index contributed by atoms with van der Waals surface area (Å²) in [7, 11) is 0. The van der Waals surface area contributed by atoms with Crippen molar-refractivity contribution < 1.29 is 18.7 Å². The van der Waals surface area contributed by atoms with Crippen molar-refractivity contribution in [2.24, 2.45) is 23.2 Å². The molecule has 0 unspecified atom stereocenters. The summed E-state index contributed by atoms with van der Waals surface area (Å²) in [4.78, 5) is 24.4. The first-order valence-corrected chi connectivity index (χ1v) is 10.9. The molecular weight excluding hydrogens is 410 g/mol. The number of furan rings is 1. The van der Waals surface area contributed by atoms with Crippen molar-refractivity contribution in [1.82, 2.24) is 5.32 Å². The number of hydrogen-bond donors (Lipinski definition) is 1. The van der Waals surface area contributed by atoms with Crippen LogP contribution >= 0.6 is 15.9 Å². The average molecular weight is 436 g/mol. The van der Waals surface area contributed by atoms with E-state index in [2.05, 4.69) is 21.2 Å². The molecule has 1 aromatic heterocycles. The standard InChI is InChI=1S/C21H26BrNO4/c22-21-8-13-4-14(9-21)7-20(6-13,11-21)12-23-18(24)10-27-19(25)16-5-15(16)17-2-1-3-26-17/h1-3,13-16H,4-12H2,(H,23,24)/t13-,14-,15-,16-,20?,21?/m1/s1. The van der Waals surface area contributed by atoms with E-state index in [1.54, 1.807) is 6.26 Å². The molecule has 6 rings (SSSR count). The predicted octanol–water partition coefficient (Wildman–Crippen LogP) is 3.78. The Labute approximate surface area is 167 Å². The fourth-order valence-corrected chi connectivity index (χ4v) is 7.91. The Morgan fingerprint density at radius 3 is 2.67 bits per heavy atom. The SMILES string of the molecule is O=C(COC(=O)[C@@H]1C[C@H]1c1ccco1)NCC12C[C@H]3C[C@@H](CC(Br)(C3)C1)C2. The molecule has 4 atom stereocenters. The van der Waals surface area contributed by atoms with Crippen LogP contribution in [0.5, 0.6) is 0 Å². The fourth-order valence-electron chi connectivity index (χ4n) is 6.40. The van der Waals surface area contributed by atoms with Gasteiger partial charge in [-0.2, -0.15) is 0 Å². The molecule has 1 N–H and O–H groups in total. The number of nitrogens with one attached hydrogen (secondary N) is 1. The van der Waals surface area contributed by atoms with Gasteiger partial charge in [0.05, 0.1) is 12.2 Å². The van der Waals surface area contributed by atoms with Crippen molar-refractivity contribution in [1.29, 1.82) is 0 Å². The van der Waals surface area contributed by atoms with Crippen molar-refractivity contribution >= 4 is 27.8 Å². The molecule has 0 aromatic carbocycles. The van der Waals surface area contributed by atoms with Gasteiger partial charge in [-0.05, 0) is 74.3 Å². The summed E-state index contributed by atoms with van der Waals surface area (Å²) in [5.74, 6) is 1.89. The lowest BCUT2D eigenvalue weighted by atomic mass is 9.49. The molecule has 0 aliphatic heterocycles. The van der Waals surface area contributed by atoms with Gasteiger partial charge in [0.2, 0.25) is 0 Å². The van der Waals surface area contributed by atoms with Crippen molar-refractivity contribution in [3.05, 3.63) is 24.2 Å². The normalized spacial score (nSPS) is 41.4. The lowest BCUT2D eigenvalue weighted by Gasteiger charge is -2.60. The number of hydrogen-bond acceptors (Lipinski definition) is 4. The van der Waals surface area contributed by atoms with Gasteiger partial charge >= 0.3 is 5.97 Å². The van der Waals surface area contributed by atoms with Gasteiger partial charge in [0, 0.05) is 16.8 Å². The number of rotatable bonds is 6. The third kappa shape index (κ3) is 3.45. The van der Waals surface area contributed by atoms with E-state index in [9.17, 15) is 9.59 Å². The highest BCUT2D eigenvalue weighted by Gasteiger charge is 2.56. The molecule has 1 amide bonds. The van der Waals surface area contributed by atoms with Crippen LogP contribution in [0, 0.1) is 23.2 Å². The van der Waals surface area contributed by atoms with Crippen molar-refractivity contribution in [3.63, 3.8) is 0 Å². The Morgan fingerprint density at radius 1 is 1.22 bits per heavy atom. The number of alkyl halides is 1. The van der Waals surface area contributed by atoms with Gasteiger partial charge < -0.3 is 14.5 Å². The minimum atomic E-state index is -0.291. The van der Waals surface area contributed by atoms with Gasteiger partial charge in [-0.1, -0.05) is 15.9 Å². The molecular formula is C21H26BrNO4. The maximum Gasteiger partial charge on any atom is 0.310 e. The maximum atomic E-state index is 12.3. The predicted molar refractivity (Wildman–Crippen MR) is 102 cm³/mol. The van der Waals surface area contributed by atoms with Gasteiger partial charge in [0.15, 0.2) is 6.61 Å². The highest BCUT2D eigenvalue weighted by Crippen LogP contribution is 2.64. The van der Waals surface area contributed by atoms with Crippen LogP contribution in [0.2, 0.25) is 0 Å². The molecule has 5 saturated carbocycles. The van der Waals surface area contributed by atoms with Crippen LogP contribution in [0.1, 0.15) is 56.6 Å². The van der Waals surface area contributed by atoms with E-state index in [0.29, 0.717) is 10.9 Å². The van der Waals surface area contributed by atoms with Crippen LogP contribution in [-0.4, -0.2) is 29.4 Å².